The van der Waals surface area contributed by atoms with Crippen LogP contribution in [0.25, 0.3) is 0 Å². The van der Waals surface area contributed by atoms with E-state index in [1.807, 2.05) is 13.8 Å². The van der Waals surface area contributed by atoms with E-state index >= 15 is 0 Å². The van der Waals surface area contributed by atoms with Crippen molar-refractivity contribution in [2.45, 2.75) is 33.6 Å². The van der Waals surface area contributed by atoms with Gasteiger partial charge in [-0.05, 0) is 25.2 Å². The van der Waals surface area contributed by atoms with Crippen molar-refractivity contribution >= 4 is 28.5 Å². The second kappa shape index (κ2) is 7.78. The molecule has 0 aliphatic carbocycles. The lowest BCUT2D eigenvalue weighted by Crippen LogP contribution is -2.34. The Kier molecular flexibility index (Phi) is 6.37. The zero-order valence-corrected chi connectivity index (χ0v) is 12.7. The molecule has 0 aliphatic rings. The number of urea groups is 1. The van der Waals surface area contributed by atoms with Crippen LogP contribution in [0.1, 0.15) is 31.7 Å². The number of carboxylic acid groups (broad SMARTS) is 1. The van der Waals surface area contributed by atoms with E-state index < -0.39 is 5.97 Å². The van der Waals surface area contributed by atoms with Crippen LogP contribution >= 0.6 is 11.3 Å². The molecule has 0 saturated carbocycles. The Bertz CT molecular complexity index is 461. The van der Waals surface area contributed by atoms with Crippen molar-refractivity contribution in [2.75, 3.05) is 11.9 Å². The van der Waals surface area contributed by atoms with Crippen LogP contribution in [0.5, 0.6) is 0 Å². The fourth-order valence-corrected chi connectivity index (χ4v) is 2.46. The fourth-order valence-electron chi connectivity index (χ4n) is 1.88. The third kappa shape index (κ3) is 6.46. The number of amides is 2. The number of nitrogens with one attached hydrogen (secondary N) is 2. The minimum atomic E-state index is -0.849. The molecule has 0 fully saturated rings. The first kappa shape index (κ1) is 16.4. The standard InChI is InChI=1S/C12H20N4O3S/c1-7(2)4-9(5-10(17)18)6-13-11(19)14-12-16-15-8(3)20-12/h7,9H,4-6H2,1-3H3,(H,17,18)(H2,13,14,16,19)/t9-/m0/s1. The summed E-state index contributed by atoms with van der Waals surface area (Å²) in [6.45, 7) is 6.18. The summed E-state index contributed by atoms with van der Waals surface area (Å²) >= 11 is 1.28. The summed E-state index contributed by atoms with van der Waals surface area (Å²) in [6.07, 6.45) is 0.806. The summed E-state index contributed by atoms with van der Waals surface area (Å²) in [5, 5.41) is 22.9. The van der Waals surface area contributed by atoms with Crippen LogP contribution in [0.15, 0.2) is 0 Å². The van der Waals surface area contributed by atoms with Gasteiger partial charge in [-0.1, -0.05) is 25.2 Å². The van der Waals surface area contributed by atoms with E-state index in [0.717, 1.165) is 11.4 Å². The van der Waals surface area contributed by atoms with Gasteiger partial charge >= 0.3 is 12.0 Å². The molecule has 1 atom stereocenters. The highest BCUT2D eigenvalue weighted by atomic mass is 32.1. The number of anilines is 1. The predicted octanol–water partition coefficient (Wildman–Crippen LogP) is 2.11. The summed E-state index contributed by atoms with van der Waals surface area (Å²) in [4.78, 5) is 22.5. The topological polar surface area (TPSA) is 104 Å². The zero-order chi connectivity index (χ0) is 15.1. The van der Waals surface area contributed by atoms with Crippen LogP contribution in [0.4, 0.5) is 9.93 Å². The van der Waals surface area contributed by atoms with Gasteiger partial charge in [0.1, 0.15) is 5.01 Å². The van der Waals surface area contributed by atoms with Crippen molar-refractivity contribution in [2.24, 2.45) is 11.8 Å². The third-order valence-electron chi connectivity index (χ3n) is 2.57. The van der Waals surface area contributed by atoms with Crippen molar-refractivity contribution < 1.29 is 14.7 Å². The number of carboxylic acids is 1. The van der Waals surface area contributed by atoms with Crippen molar-refractivity contribution in [1.82, 2.24) is 15.5 Å². The molecule has 0 unspecified atom stereocenters. The summed E-state index contributed by atoms with van der Waals surface area (Å²) in [5.74, 6) is -0.540. The number of aromatic nitrogens is 2. The first-order chi connectivity index (χ1) is 9.36. The van der Waals surface area contributed by atoms with Crippen LogP contribution in [0, 0.1) is 18.8 Å². The fraction of sp³-hybridized carbons (Fsp3) is 0.667. The number of nitrogens with zero attached hydrogens (tertiary/aromatic N) is 2. The molecule has 0 bridgehead atoms. The van der Waals surface area contributed by atoms with Crippen LogP contribution in [-0.4, -0.2) is 33.8 Å². The monoisotopic (exact) mass is 300 g/mol. The van der Waals surface area contributed by atoms with E-state index in [1.165, 1.54) is 11.3 Å². The van der Waals surface area contributed by atoms with Gasteiger partial charge in [-0.25, -0.2) is 4.79 Å². The average Bonchev–Trinajstić information content (AvgIpc) is 2.70. The molecular weight excluding hydrogens is 280 g/mol. The molecule has 1 aromatic heterocycles. The molecule has 1 heterocycles. The number of aliphatic carboxylic acids is 1. The predicted molar refractivity (Wildman–Crippen MR) is 76.9 cm³/mol. The van der Waals surface area contributed by atoms with E-state index in [0.29, 0.717) is 17.6 Å². The largest absolute Gasteiger partial charge is 0.481 e. The van der Waals surface area contributed by atoms with E-state index in [9.17, 15) is 9.59 Å². The highest BCUT2D eigenvalue weighted by molar-refractivity contribution is 7.15. The molecule has 0 radical (unpaired) electrons. The molecule has 0 aromatic carbocycles. The van der Waals surface area contributed by atoms with E-state index in [4.69, 9.17) is 5.11 Å². The van der Waals surface area contributed by atoms with E-state index in [2.05, 4.69) is 20.8 Å². The quantitative estimate of drug-likeness (QED) is 0.715. The molecular formula is C12H20N4O3S. The van der Waals surface area contributed by atoms with Gasteiger partial charge in [0.15, 0.2) is 0 Å². The molecule has 1 aromatic rings. The minimum Gasteiger partial charge on any atom is -0.481 e. The van der Waals surface area contributed by atoms with Gasteiger partial charge in [-0.3, -0.25) is 10.1 Å². The Hall–Kier alpha value is -1.70. The highest BCUT2D eigenvalue weighted by Gasteiger charge is 2.16. The van der Waals surface area contributed by atoms with Gasteiger partial charge in [0.25, 0.3) is 0 Å². The number of hydrogen-bond acceptors (Lipinski definition) is 5. The van der Waals surface area contributed by atoms with Crippen molar-refractivity contribution in [3.63, 3.8) is 0 Å². The van der Waals surface area contributed by atoms with Crippen LogP contribution in [-0.2, 0) is 4.79 Å². The molecule has 0 aliphatic heterocycles. The molecule has 0 spiro atoms. The van der Waals surface area contributed by atoms with Gasteiger partial charge in [-0.15, -0.1) is 10.2 Å². The number of carbonyl (C=O) groups excluding carboxylic acids is 1. The zero-order valence-electron chi connectivity index (χ0n) is 11.8. The Morgan fingerprint density at radius 1 is 1.35 bits per heavy atom. The number of aryl methyl sites for hydroxylation is 1. The Morgan fingerprint density at radius 3 is 2.55 bits per heavy atom. The van der Waals surface area contributed by atoms with Crippen molar-refractivity contribution in [3.05, 3.63) is 5.01 Å². The first-order valence-corrected chi connectivity index (χ1v) is 7.25. The SMILES string of the molecule is Cc1nnc(NC(=O)NC[C@H](CC(=O)O)CC(C)C)s1. The van der Waals surface area contributed by atoms with Crippen LogP contribution in [0.3, 0.4) is 0 Å². The Balaban J connectivity index is 2.41. The maximum Gasteiger partial charge on any atom is 0.321 e. The van der Waals surface area contributed by atoms with Crippen molar-refractivity contribution in [3.8, 4) is 0 Å². The Morgan fingerprint density at radius 2 is 2.05 bits per heavy atom. The molecule has 0 saturated heterocycles. The average molecular weight is 300 g/mol. The summed E-state index contributed by atoms with van der Waals surface area (Å²) in [5.41, 5.74) is 0. The molecule has 2 amide bonds. The lowest BCUT2D eigenvalue weighted by Gasteiger charge is -2.17. The lowest BCUT2D eigenvalue weighted by molar-refractivity contribution is -0.138. The van der Waals surface area contributed by atoms with Crippen molar-refractivity contribution in [1.29, 1.82) is 0 Å². The second-order valence-electron chi connectivity index (χ2n) is 5.05. The maximum absolute atomic E-state index is 11.7. The lowest BCUT2D eigenvalue weighted by atomic mass is 9.94. The van der Waals surface area contributed by atoms with Gasteiger partial charge in [0.2, 0.25) is 5.13 Å². The molecule has 7 nitrogen and oxygen atoms in total. The molecule has 3 N–H and O–H groups in total. The highest BCUT2D eigenvalue weighted by Crippen LogP contribution is 2.15. The summed E-state index contributed by atoms with van der Waals surface area (Å²) in [7, 11) is 0. The van der Waals surface area contributed by atoms with Gasteiger partial charge < -0.3 is 10.4 Å². The summed E-state index contributed by atoms with van der Waals surface area (Å²) < 4.78 is 0. The van der Waals surface area contributed by atoms with Gasteiger partial charge in [-0.2, -0.15) is 0 Å². The maximum atomic E-state index is 11.7. The van der Waals surface area contributed by atoms with E-state index in [-0.39, 0.29) is 18.4 Å². The molecule has 8 heteroatoms. The van der Waals surface area contributed by atoms with Crippen LogP contribution in [0.2, 0.25) is 0 Å². The second-order valence-corrected chi connectivity index (χ2v) is 6.24. The molecule has 20 heavy (non-hydrogen) atoms. The minimum absolute atomic E-state index is 0.0520. The van der Waals surface area contributed by atoms with Crippen LogP contribution < -0.4 is 10.6 Å². The number of carbonyl (C=O) groups is 2. The summed E-state index contributed by atoms with van der Waals surface area (Å²) in [6, 6.07) is -0.389. The first-order valence-electron chi connectivity index (χ1n) is 6.43. The smallest absolute Gasteiger partial charge is 0.321 e. The van der Waals surface area contributed by atoms with Gasteiger partial charge in [0, 0.05) is 13.0 Å². The number of rotatable bonds is 7. The third-order valence-corrected chi connectivity index (χ3v) is 3.32. The molecule has 1 rings (SSSR count). The normalized spacial score (nSPS) is 12.2. The number of hydrogen-bond donors (Lipinski definition) is 3. The van der Waals surface area contributed by atoms with Gasteiger partial charge in [0.05, 0.1) is 0 Å². The van der Waals surface area contributed by atoms with E-state index in [1.54, 1.807) is 6.92 Å². The Labute approximate surface area is 121 Å². The molecule has 112 valence electrons.